The van der Waals surface area contributed by atoms with Crippen LogP contribution in [0, 0.1) is 12.8 Å². The van der Waals surface area contributed by atoms with Gasteiger partial charge < -0.3 is 24.9 Å². The molecule has 3 aliphatic heterocycles. The van der Waals surface area contributed by atoms with Crippen LogP contribution in [-0.4, -0.2) is 117 Å². The van der Waals surface area contributed by atoms with Crippen LogP contribution in [-0.2, 0) is 30.2 Å². The second-order valence-electron chi connectivity index (χ2n) is 12.4. The number of rotatable bonds is 14. The SMILES string of the molecule is C#C.CCCCC/C=C\C[C@@H](NC=O)C(=O)NS(=O)C1CC1.C[C@@H]1CCCN1C(=O)CCC(=O)N1CCN(C(=O)N2CCCC2)CC1. The molecule has 2 N–H and O–H groups in total. The van der Waals surface area contributed by atoms with Crippen molar-refractivity contribution in [3.63, 3.8) is 0 Å². The second kappa shape index (κ2) is 22.2. The van der Waals surface area contributed by atoms with Crippen molar-refractivity contribution >= 4 is 41.1 Å². The number of likely N-dealkylation sites (tertiary alicyclic amines) is 2. The first-order valence-corrected chi connectivity index (χ1v) is 18.5. The van der Waals surface area contributed by atoms with Crippen LogP contribution in [0.1, 0.15) is 97.3 Å². The van der Waals surface area contributed by atoms with E-state index in [1.807, 2.05) is 26.9 Å². The van der Waals surface area contributed by atoms with Gasteiger partial charge in [-0.05, 0) is 64.7 Å². The highest BCUT2D eigenvalue weighted by atomic mass is 32.2. The van der Waals surface area contributed by atoms with Gasteiger partial charge in [0.05, 0.1) is 5.25 Å². The van der Waals surface area contributed by atoms with E-state index in [0.717, 1.165) is 71.0 Å². The fourth-order valence-corrected chi connectivity index (χ4v) is 6.88. The molecule has 0 bridgehead atoms. The quantitative estimate of drug-likeness (QED) is 0.126. The molecule has 0 spiro atoms. The van der Waals surface area contributed by atoms with Crippen molar-refractivity contribution in [2.45, 2.75) is 115 Å². The Hall–Kier alpha value is -3.40. The van der Waals surface area contributed by atoms with E-state index in [0.29, 0.717) is 51.5 Å². The van der Waals surface area contributed by atoms with Gasteiger partial charge in [-0.15, -0.1) is 12.8 Å². The fraction of sp³-hybridized carbons (Fsp3) is 0.735. The Morgan fingerprint density at radius 3 is 2.02 bits per heavy atom. The third-order valence-corrected chi connectivity index (χ3v) is 10.3. The zero-order chi connectivity index (χ0) is 34.6. The molecule has 4 aliphatic rings. The molecule has 6 amide bonds. The maximum absolute atomic E-state index is 12.4. The number of piperazine rings is 1. The number of nitrogens with one attached hydrogen (secondary N) is 2. The normalized spacial score (nSPS) is 20.4. The lowest BCUT2D eigenvalue weighted by atomic mass is 10.1. The monoisotopic (exact) mass is 676 g/mol. The van der Waals surface area contributed by atoms with Gasteiger partial charge in [0, 0.05) is 64.7 Å². The number of urea groups is 1. The summed E-state index contributed by atoms with van der Waals surface area (Å²) in [7, 11) is -1.31. The molecule has 3 atom stereocenters. The molecule has 4 rings (SSSR count). The van der Waals surface area contributed by atoms with Crippen molar-refractivity contribution in [2.75, 3.05) is 45.8 Å². The molecule has 0 radical (unpaired) electrons. The van der Waals surface area contributed by atoms with Crippen LogP contribution in [0.4, 0.5) is 4.79 Å². The van der Waals surface area contributed by atoms with Gasteiger partial charge in [-0.1, -0.05) is 31.9 Å². The van der Waals surface area contributed by atoms with Gasteiger partial charge >= 0.3 is 6.03 Å². The minimum atomic E-state index is -1.31. The number of hydrogen-bond donors (Lipinski definition) is 2. The van der Waals surface area contributed by atoms with Crippen LogP contribution in [0.25, 0.3) is 0 Å². The summed E-state index contributed by atoms with van der Waals surface area (Å²) < 4.78 is 14.1. The summed E-state index contributed by atoms with van der Waals surface area (Å²) in [6.45, 7) is 9.10. The highest BCUT2D eigenvalue weighted by Gasteiger charge is 2.32. The number of terminal acetylenes is 1. The number of carbonyl (C=O) groups excluding carboxylic acids is 5. The Labute approximate surface area is 284 Å². The summed E-state index contributed by atoms with van der Waals surface area (Å²) in [5.41, 5.74) is 0. The summed E-state index contributed by atoms with van der Waals surface area (Å²) in [5.74, 6) is -0.241. The van der Waals surface area contributed by atoms with Crippen LogP contribution in [0.5, 0.6) is 0 Å². The van der Waals surface area contributed by atoms with Gasteiger partial charge in [-0.3, -0.25) is 23.9 Å². The predicted octanol–water partition coefficient (Wildman–Crippen LogP) is 2.96. The smallest absolute Gasteiger partial charge is 0.320 e. The molecular formula is C34H56N6O6S. The molecule has 12 nitrogen and oxygen atoms in total. The van der Waals surface area contributed by atoms with Gasteiger partial charge in [0.2, 0.25) is 18.2 Å². The maximum Gasteiger partial charge on any atom is 0.320 e. The van der Waals surface area contributed by atoms with Crippen molar-refractivity contribution in [1.29, 1.82) is 0 Å². The molecule has 4 fully saturated rings. The van der Waals surface area contributed by atoms with E-state index in [4.69, 9.17) is 0 Å². The standard InChI is InChI=1S/C18H30N4O3.C14H24N2O3S.C2H2/c1-15-5-4-10-22(15)17(24)7-6-16(23)19-11-13-21(14-12-19)18(25)20-8-2-3-9-20;1-2-3-4-5-6-7-8-13(15-11-17)14(18)16-20(19)12-9-10-12;1-2/h15H,2-14H2,1H3;6-7,11-13H,2-5,8-10H2,1H3,(H,15,17)(H,16,18);1-2H/b;7-6-;/t15-;13-,20?;/m11./s1. The Kier molecular flexibility index (Phi) is 18.8. The number of unbranched alkanes of at least 4 members (excludes halogenated alkanes) is 3. The minimum absolute atomic E-state index is 0.0356. The summed E-state index contributed by atoms with van der Waals surface area (Å²) >= 11 is 0. The topological polar surface area (TPSA) is 139 Å². The average molecular weight is 677 g/mol. The molecule has 264 valence electrons. The molecule has 13 heteroatoms. The number of amides is 6. The van der Waals surface area contributed by atoms with Crippen molar-refractivity contribution in [2.24, 2.45) is 0 Å². The molecular weight excluding hydrogens is 620 g/mol. The number of nitrogens with zero attached hydrogens (tertiary/aromatic N) is 4. The van der Waals surface area contributed by atoms with E-state index >= 15 is 0 Å². The highest BCUT2D eigenvalue weighted by Crippen LogP contribution is 2.25. The van der Waals surface area contributed by atoms with E-state index in [2.05, 4.69) is 36.7 Å². The van der Waals surface area contributed by atoms with Crippen LogP contribution in [0.3, 0.4) is 0 Å². The van der Waals surface area contributed by atoms with Crippen molar-refractivity contribution in [3.05, 3.63) is 12.2 Å². The molecule has 0 aromatic rings. The highest BCUT2D eigenvalue weighted by molar-refractivity contribution is 7.84. The van der Waals surface area contributed by atoms with Gasteiger partial charge in [0.1, 0.15) is 17.0 Å². The lowest BCUT2D eigenvalue weighted by Gasteiger charge is -2.36. The van der Waals surface area contributed by atoms with E-state index in [9.17, 15) is 28.2 Å². The van der Waals surface area contributed by atoms with Gasteiger partial charge in [-0.2, -0.15) is 0 Å². The van der Waals surface area contributed by atoms with E-state index < -0.39 is 17.0 Å². The molecule has 3 saturated heterocycles. The summed E-state index contributed by atoms with van der Waals surface area (Å²) in [5, 5.41) is 2.57. The van der Waals surface area contributed by atoms with E-state index in [1.54, 1.807) is 4.90 Å². The van der Waals surface area contributed by atoms with E-state index in [1.165, 1.54) is 12.8 Å². The maximum atomic E-state index is 12.4. The number of carbonyl (C=O) groups is 5. The lowest BCUT2D eigenvalue weighted by molar-refractivity contribution is -0.138. The van der Waals surface area contributed by atoms with Crippen LogP contribution < -0.4 is 10.0 Å². The molecule has 3 heterocycles. The second-order valence-corrected chi connectivity index (χ2v) is 13.9. The van der Waals surface area contributed by atoms with Crippen molar-refractivity contribution < 1.29 is 28.2 Å². The molecule has 1 aliphatic carbocycles. The van der Waals surface area contributed by atoms with Crippen LogP contribution in [0.2, 0.25) is 0 Å². The Balaban J connectivity index is 0.000000318. The summed E-state index contributed by atoms with van der Waals surface area (Å²) in [6.07, 6.45) is 24.0. The zero-order valence-electron chi connectivity index (χ0n) is 28.4. The minimum Gasteiger partial charge on any atom is -0.347 e. The van der Waals surface area contributed by atoms with Crippen LogP contribution in [0.15, 0.2) is 12.2 Å². The molecule has 1 unspecified atom stereocenters. The van der Waals surface area contributed by atoms with Gasteiger partial charge in [0.15, 0.2) is 0 Å². The number of hydrogen-bond acceptors (Lipinski definition) is 6. The Morgan fingerprint density at radius 1 is 0.830 bits per heavy atom. The molecule has 0 aromatic heterocycles. The molecule has 1 saturated carbocycles. The lowest BCUT2D eigenvalue weighted by Crippen LogP contribution is -2.53. The van der Waals surface area contributed by atoms with Crippen molar-refractivity contribution in [1.82, 2.24) is 29.6 Å². The first-order chi connectivity index (χ1) is 22.7. The van der Waals surface area contributed by atoms with Gasteiger partial charge in [-0.25, -0.2) is 9.00 Å². The van der Waals surface area contributed by atoms with E-state index in [-0.39, 0.29) is 35.4 Å². The largest absolute Gasteiger partial charge is 0.347 e. The molecule has 47 heavy (non-hydrogen) atoms. The third-order valence-electron chi connectivity index (χ3n) is 8.83. The number of allylic oxidation sites excluding steroid dienone is 1. The first kappa shape index (κ1) is 39.8. The predicted molar refractivity (Wildman–Crippen MR) is 184 cm³/mol. The Morgan fingerprint density at radius 2 is 1.45 bits per heavy atom. The summed E-state index contributed by atoms with van der Waals surface area (Å²) in [4.78, 5) is 66.9. The van der Waals surface area contributed by atoms with Gasteiger partial charge in [0.25, 0.3) is 5.91 Å². The first-order valence-electron chi connectivity index (χ1n) is 17.2. The summed E-state index contributed by atoms with van der Waals surface area (Å²) in [6, 6.07) is -0.219. The average Bonchev–Trinajstić information content (AvgIpc) is 3.63. The van der Waals surface area contributed by atoms with Crippen molar-refractivity contribution in [3.8, 4) is 12.8 Å². The Bertz CT molecular complexity index is 1080. The third kappa shape index (κ3) is 14.1. The zero-order valence-corrected chi connectivity index (χ0v) is 29.2. The molecule has 0 aromatic carbocycles. The fourth-order valence-electron chi connectivity index (χ4n) is 5.81. The van der Waals surface area contributed by atoms with Crippen LogP contribution >= 0.6 is 0 Å².